The molecule has 0 aliphatic rings. The Morgan fingerprint density at radius 1 is 1.39 bits per heavy atom. The van der Waals surface area contributed by atoms with Gasteiger partial charge in [-0.2, -0.15) is 5.26 Å². The van der Waals surface area contributed by atoms with Crippen LogP contribution in [-0.4, -0.2) is 9.55 Å². The molecule has 1 aromatic carbocycles. The summed E-state index contributed by atoms with van der Waals surface area (Å²) >= 11 is 0. The smallest absolute Gasteiger partial charge is 0.147 e. The second kappa shape index (κ2) is 5.03. The lowest BCUT2D eigenvalue weighted by atomic mass is 9.92. The van der Waals surface area contributed by atoms with Crippen molar-refractivity contribution in [2.75, 3.05) is 0 Å². The van der Waals surface area contributed by atoms with E-state index >= 15 is 0 Å². The highest BCUT2D eigenvalue weighted by Gasteiger charge is 2.28. The molecule has 0 saturated heterocycles. The number of hydrogen-bond acceptors (Lipinski definition) is 3. The van der Waals surface area contributed by atoms with Crippen LogP contribution in [0.5, 0.6) is 0 Å². The quantitative estimate of drug-likeness (QED) is 0.886. The molecule has 1 atom stereocenters. The highest BCUT2D eigenvalue weighted by Crippen LogP contribution is 2.20. The molecule has 1 unspecified atom stereocenters. The third-order valence-corrected chi connectivity index (χ3v) is 3.03. The van der Waals surface area contributed by atoms with Crippen molar-refractivity contribution in [1.82, 2.24) is 9.55 Å². The first-order chi connectivity index (χ1) is 8.69. The van der Waals surface area contributed by atoms with Gasteiger partial charge in [0.1, 0.15) is 11.4 Å². The Morgan fingerprint density at radius 3 is 2.72 bits per heavy atom. The molecule has 0 fully saturated rings. The first-order valence-electron chi connectivity index (χ1n) is 5.95. The monoisotopic (exact) mass is 240 g/mol. The van der Waals surface area contributed by atoms with E-state index in [0.29, 0.717) is 6.54 Å². The van der Waals surface area contributed by atoms with Gasteiger partial charge in [-0.1, -0.05) is 37.3 Å². The minimum Gasteiger partial charge on any atom is -0.332 e. The number of nitrogens with two attached hydrogens (primary N) is 1. The van der Waals surface area contributed by atoms with E-state index in [2.05, 4.69) is 11.1 Å². The third-order valence-electron chi connectivity index (χ3n) is 3.03. The lowest BCUT2D eigenvalue weighted by Crippen LogP contribution is -2.39. The zero-order valence-corrected chi connectivity index (χ0v) is 10.4. The van der Waals surface area contributed by atoms with Crippen LogP contribution in [0.15, 0.2) is 42.7 Å². The van der Waals surface area contributed by atoms with Crippen LogP contribution in [0.3, 0.4) is 0 Å². The van der Waals surface area contributed by atoms with E-state index in [1.165, 1.54) is 0 Å². The number of hydrogen-bond donors (Lipinski definition) is 1. The van der Waals surface area contributed by atoms with Crippen LogP contribution >= 0.6 is 0 Å². The van der Waals surface area contributed by atoms with Gasteiger partial charge in [-0.3, -0.25) is 0 Å². The van der Waals surface area contributed by atoms with Crippen LogP contribution in [-0.2, 0) is 18.5 Å². The summed E-state index contributed by atoms with van der Waals surface area (Å²) in [4.78, 5) is 4.24. The summed E-state index contributed by atoms with van der Waals surface area (Å²) in [6, 6.07) is 11.7. The van der Waals surface area contributed by atoms with Gasteiger partial charge in [-0.15, -0.1) is 0 Å². The van der Waals surface area contributed by atoms with E-state index in [1.807, 2.05) is 48.0 Å². The molecule has 0 aliphatic heterocycles. The van der Waals surface area contributed by atoms with Crippen LogP contribution in [0.1, 0.15) is 18.3 Å². The molecule has 0 spiro atoms. The maximum atomic E-state index is 9.39. The summed E-state index contributed by atoms with van der Waals surface area (Å²) in [5, 5.41) is 9.39. The first kappa shape index (κ1) is 12.3. The predicted octanol–water partition coefficient (Wildman–Crippen LogP) is 1.82. The molecular formula is C14H16N4. The molecule has 0 aliphatic carbocycles. The van der Waals surface area contributed by atoms with Crippen molar-refractivity contribution in [3.05, 3.63) is 54.1 Å². The van der Waals surface area contributed by atoms with Crippen LogP contribution in [0.25, 0.3) is 0 Å². The molecule has 1 aromatic heterocycles. The Balaban J connectivity index is 2.33. The largest absolute Gasteiger partial charge is 0.332 e. The summed E-state index contributed by atoms with van der Waals surface area (Å²) < 4.78 is 1.94. The third kappa shape index (κ3) is 2.27. The molecular weight excluding hydrogens is 224 g/mol. The van der Waals surface area contributed by atoms with E-state index in [0.717, 1.165) is 17.8 Å². The summed E-state index contributed by atoms with van der Waals surface area (Å²) in [5.74, 6) is 0.941. The van der Waals surface area contributed by atoms with Gasteiger partial charge >= 0.3 is 0 Å². The molecule has 0 bridgehead atoms. The molecule has 4 heteroatoms. The second-order valence-corrected chi connectivity index (χ2v) is 4.27. The van der Waals surface area contributed by atoms with Gasteiger partial charge in [-0.25, -0.2) is 4.98 Å². The number of aryl methyl sites for hydroxylation is 1. The van der Waals surface area contributed by atoms with Crippen molar-refractivity contribution >= 4 is 0 Å². The number of aromatic nitrogens is 2. The Morgan fingerprint density at radius 2 is 2.11 bits per heavy atom. The first-order valence-corrected chi connectivity index (χ1v) is 5.95. The molecule has 2 rings (SSSR count). The standard InChI is InChI=1S/C14H16N4/c1-2-13-17-8-9-18(13)11-14(16,10-15)12-6-4-3-5-7-12/h3-9H,2,11,16H2,1H3. The minimum absolute atomic E-state index is 0.413. The van der Waals surface area contributed by atoms with Crippen molar-refractivity contribution in [1.29, 1.82) is 5.26 Å². The number of nitriles is 1. The molecule has 0 amide bonds. The van der Waals surface area contributed by atoms with E-state index in [4.69, 9.17) is 5.73 Å². The summed E-state index contributed by atoms with van der Waals surface area (Å²) in [6.45, 7) is 2.45. The minimum atomic E-state index is -1.02. The van der Waals surface area contributed by atoms with Gasteiger partial charge in [0.25, 0.3) is 0 Å². The van der Waals surface area contributed by atoms with E-state index < -0.39 is 5.54 Å². The van der Waals surface area contributed by atoms with Gasteiger partial charge in [0.05, 0.1) is 12.6 Å². The molecule has 2 N–H and O–H groups in total. The average Bonchev–Trinajstić information content (AvgIpc) is 2.86. The molecule has 0 radical (unpaired) electrons. The lowest BCUT2D eigenvalue weighted by Gasteiger charge is -2.23. The topological polar surface area (TPSA) is 67.6 Å². The van der Waals surface area contributed by atoms with Gasteiger partial charge < -0.3 is 10.3 Å². The fourth-order valence-corrected chi connectivity index (χ4v) is 1.99. The van der Waals surface area contributed by atoms with Crippen LogP contribution in [0.4, 0.5) is 0 Å². The lowest BCUT2D eigenvalue weighted by molar-refractivity contribution is 0.462. The summed E-state index contributed by atoms with van der Waals surface area (Å²) in [7, 11) is 0. The second-order valence-electron chi connectivity index (χ2n) is 4.27. The van der Waals surface area contributed by atoms with Crippen molar-refractivity contribution in [2.24, 2.45) is 5.73 Å². The van der Waals surface area contributed by atoms with E-state index in [9.17, 15) is 5.26 Å². The molecule has 92 valence electrons. The number of imidazole rings is 1. The fourth-order valence-electron chi connectivity index (χ4n) is 1.99. The number of nitrogens with zero attached hydrogens (tertiary/aromatic N) is 3. The Hall–Kier alpha value is -2.12. The molecule has 0 saturated carbocycles. The number of rotatable bonds is 4. The molecule has 1 heterocycles. The molecule has 18 heavy (non-hydrogen) atoms. The van der Waals surface area contributed by atoms with Gasteiger partial charge in [0.15, 0.2) is 0 Å². The molecule has 4 nitrogen and oxygen atoms in total. The predicted molar refractivity (Wildman–Crippen MR) is 69.5 cm³/mol. The Kier molecular flexibility index (Phi) is 3.45. The number of benzene rings is 1. The van der Waals surface area contributed by atoms with Crippen LogP contribution in [0.2, 0.25) is 0 Å². The van der Waals surface area contributed by atoms with Crippen LogP contribution in [0, 0.1) is 11.3 Å². The summed E-state index contributed by atoms with van der Waals surface area (Å²) in [5.41, 5.74) is 6.02. The van der Waals surface area contributed by atoms with Crippen molar-refractivity contribution < 1.29 is 0 Å². The van der Waals surface area contributed by atoms with Gasteiger partial charge in [0, 0.05) is 18.8 Å². The normalized spacial score (nSPS) is 13.8. The van der Waals surface area contributed by atoms with Gasteiger partial charge in [-0.05, 0) is 5.56 Å². The van der Waals surface area contributed by atoms with E-state index in [-0.39, 0.29) is 0 Å². The van der Waals surface area contributed by atoms with Crippen molar-refractivity contribution in [2.45, 2.75) is 25.4 Å². The SMILES string of the molecule is CCc1nccn1CC(N)(C#N)c1ccccc1. The summed E-state index contributed by atoms with van der Waals surface area (Å²) in [6.07, 6.45) is 4.42. The maximum absolute atomic E-state index is 9.39. The zero-order chi connectivity index (χ0) is 13.0. The van der Waals surface area contributed by atoms with Crippen molar-refractivity contribution in [3.63, 3.8) is 0 Å². The average molecular weight is 240 g/mol. The van der Waals surface area contributed by atoms with Gasteiger partial charge in [0.2, 0.25) is 0 Å². The van der Waals surface area contributed by atoms with Crippen LogP contribution < -0.4 is 5.73 Å². The Labute approximate surface area is 107 Å². The highest BCUT2D eigenvalue weighted by molar-refractivity contribution is 5.30. The molecule has 2 aromatic rings. The van der Waals surface area contributed by atoms with E-state index in [1.54, 1.807) is 6.20 Å². The fraction of sp³-hybridized carbons (Fsp3) is 0.286. The maximum Gasteiger partial charge on any atom is 0.147 e. The Bertz CT molecular complexity index is 553. The highest BCUT2D eigenvalue weighted by atomic mass is 15.1. The van der Waals surface area contributed by atoms with Crippen molar-refractivity contribution in [3.8, 4) is 6.07 Å². The zero-order valence-electron chi connectivity index (χ0n) is 10.4.